The maximum atomic E-state index is 6.14. The van der Waals surface area contributed by atoms with Crippen LogP contribution < -0.4 is 4.43 Å². The van der Waals surface area contributed by atoms with Gasteiger partial charge in [0.2, 0.25) is 8.32 Å². The second-order valence-corrected chi connectivity index (χ2v) is 10.6. The summed E-state index contributed by atoms with van der Waals surface area (Å²) in [6.07, 6.45) is 4.53. The fraction of sp³-hybridized carbons (Fsp3) is 0.533. The highest BCUT2D eigenvalue weighted by Gasteiger charge is 2.18. The van der Waals surface area contributed by atoms with Crippen LogP contribution in [0.1, 0.15) is 18.4 Å². The Morgan fingerprint density at radius 2 is 1.89 bits per heavy atom. The van der Waals surface area contributed by atoms with Crippen molar-refractivity contribution in [2.75, 3.05) is 13.1 Å². The summed E-state index contributed by atoms with van der Waals surface area (Å²) in [6, 6.07) is 6.16. The molecule has 1 fully saturated rings. The minimum atomic E-state index is -1.60. The number of hydrogen-bond acceptors (Lipinski definition) is 2. The third-order valence-electron chi connectivity index (χ3n) is 3.11. The molecule has 0 aromatic heterocycles. The molecule has 0 spiro atoms. The van der Waals surface area contributed by atoms with Gasteiger partial charge < -0.3 is 9.33 Å². The van der Waals surface area contributed by atoms with Gasteiger partial charge in [-0.3, -0.25) is 0 Å². The zero-order valence-corrected chi connectivity index (χ0v) is 13.4. The summed E-state index contributed by atoms with van der Waals surface area (Å²) in [4.78, 5) is 6.95. The lowest BCUT2D eigenvalue weighted by atomic mass is 10.2. The molecule has 104 valence electrons. The van der Waals surface area contributed by atoms with Crippen molar-refractivity contribution in [2.24, 2.45) is 4.99 Å². The number of likely N-dealkylation sites (tertiary alicyclic amines) is 1. The van der Waals surface area contributed by atoms with Gasteiger partial charge in [0.1, 0.15) is 11.4 Å². The lowest BCUT2D eigenvalue weighted by Gasteiger charge is -2.21. The van der Waals surface area contributed by atoms with Crippen molar-refractivity contribution in [3.63, 3.8) is 0 Å². The number of para-hydroxylation sites is 1. The minimum Gasteiger partial charge on any atom is -0.543 e. The van der Waals surface area contributed by atoms with Gasteiger partial charge in [-0.2, -0.15) is 0 Å². The van der Waals surface area contributed by atoms with Crippen molar-refractivity contribution >= 4 is 20.3 Å². The number of rotatable bonds is 4. The molecule has 1 saturated heterocycles. The third-order valence-corrected chi connectivity index (χ3v) is 3.94. The molecular formula is C15H24N2OSi. The SMILES string of the molecule is Cc1cccc(O[Si](C)(C)C)c1N=CN1CCCC1. The van der Waals surface area contributed by atoms with Crippen LogP contribution in [0.2, 0.25) is 19.6 Å². The Morgan fingerprint density at radius 1 is 1.21 bits per heavy atom. The molecule has 0 aliphatic carbocycles. The van der Waals surface area contributed by atoms with E-state index in [2.05, 4.69) is 42.5 Å². The molecule has 19 heavy (non-hydrogen) atoms. The van der Waals surface area contributed by atoms with Crippen molar-refractivity contribution in [1.82, 2.24) is 4.90 Å². The van der Waals surface area contributed by atoms with Crippen LogP contribution in [0.4, 0.5) is 5.69 Å². The molecule has 1 aliphatic heterocycles. The van der Waals surface area contributed by atoms with Gasteiger partial charge in [0.15, 0.2) is 0 Å². The molecule has 1 aromatic rings. The van der Waals surface area contributed by atoms with Gasteiger partial charge in [0.25, 0.3) is 0 Å². The monoisotopic (exact) mass is 276 g/mol. The molecule has 0 N–H and O–H groups in total. The number of hydrogen-bond donors (Lipinski definition) is 0. The predicted molar refractivity (Wildman–Crippen MR) is 84.1 cm³/mol. The second kappa shape index (κ2) is 5.78. The number of benzene rings is 1. The number of aliphatic imine (C=N–C) groups is 1. The van der Waals surface area contributed by atoms with E-state index in [4.69, 9.17) is 4.43 Å². The first-order chi connectivity index (χ1) is 8.96. The molecule has 4 heteroatoms. The summed E-state index contributed by atoms with van der Waals surface area (Å²) in [5, 5.41) is 0. The van der Waals surface area contributed by atoms with Gasteiger partial charge in [-0.25, -0.2) is 4.99 Å². The summed E-state index contributed by atoms with van der Waals surface area (Å²) >= 11 is 0. The zero-order chi connectivity index (χ0) is 13.9. The Labute approximate surface area is 117 Å². The molecule has 0 amide bonds. The average molecular weight is 276 g/mol. The zero-order valence-electron chi connectivity index (χ0n) is 12.4. The van der Waals surface area contributed by atoms with E-state index in [-0.39, 0.29) is 0 Å². The molecular weight excluding hydrogens is 252 g/mol. The van der Waals surface area contributed by atoms with Crippen molar-refractivity contribution in [1.29, 1.82) is 0 Å². The van der Waals surface area contributed by atoms with Gasteiger partial charge in [0.05, 0.1) is 6.34 Å². The first kappa shape index (κ1) is 14.1. The molecule has 0 saturated carbocycles. The first-order valence-electron chi connectivity index (χ1n) is 7.02. The number of aryl methyl sites for hydroxylation is 1. The summed E-state index contributed by atoms with van der Waals surface area (Å²) < 4.78 is 6.14. The lowest BCUT2D eigenvalue weighted by molar-refractivity contribution is 0.534. The predicted octanol–water partition coefficient (Wildman–Crippen LogP) is 3.96. The van der Waals surface area contributed by atoms with Gasteiger partial charge in [-0.15, -0.1) is 0 Å². The van der Waals surface area contributed by atoms with Crippen LogP contribution in [-0.4, -0.2) is 32.6 Å². The van der Waals surface area contributed by atoms with E-state index in [1.54, 1.807) is 0 Å². The second-order valence-electron chi connectivity index (χ2n) is 6.12. The van der Waals surface area contributed by atoms with E-state index in [9.17, 15) is 0 Å². The highest BCUT2D eigenvalue weighted by Crippen LogP contribution is 2.32. The smallest absolute Gasteiger partial charge is 0.242 e. The Balaban J connectivity index is 2.22. The molecule has 0 bridgehead atoms. The van der Waals surface area contributed by atoms with E-state index < -0.39 is 8.32 Å². The average Bonchev–Trinajstić information content (AvgIpc) is 2.79. The van der Waals surface area contributed by atoms with Crippen LogP contribution in [0.3, 0.4) is 0 Å². The normalized spacial score (nSPS) is 16.3. The highest BCUT2D eigenvalue weighted by atomic mass is 28.4. The van der Waals surface area contributed by atoms with E-state index in [1.165, 1.54) is 18.4 Å². The Morgan fingerprint density at radius 3 is 2.53 bits per heavy atom. The fourth-order valence-corrected chi connectivity index (χ4v) is 3.03. The Bertz CT molecular complexity index is 460. The van der Waals surface area contributed by atoms with Crippen LogP contribution in [0.5, 0.6) is 5.75 Å². The van der Waals surface area contributed by atoms with Gasteiger partial charge in [0, 0.05) is 13.1 Å². The van der Waals surface area contributed by atoms with E-state index >= 15 is 0 Å². The number of nitrogens with zero attached hydrogens (tertiary/aromatic N) is 2. The first-order valence-corrected chi connectivity index (χ1v) is 10.4. The highest BCUT2D eigenvalue weighted by molar-refractivity contribution is 6.70. The molecule has 0 radical (unpaired) electrons. The summed E-state index contributed by atoms with van der Waals surface area (Å²) in [5.41, 5.74) is 2.16. The van der Waals surface area contributed by atoms with Crippen LogP contribution in [-0.2, 0) is 0 Å². The third kappa shape index (κ3) is 4.09. The van der Waals surface area contributed by atoms with Gasteiger partial charge >= 0.3 is 0 Å². The van der Waals surface area contributed by atoms with Crippen molar-refractivity contribution in [3.8, 4) is 5.75 Å². The maximum absolute atomic E-state index is 6.14. The summed E-state index contributed by atoms with van der Waals surface area (Å²) in [6.45, 7) is 10.9. The molecule has 1 aliphatic rings. The van der Waals surface area contributed by atoms with Crippen molar-refractivity contribution < 1.29 is 4.43 Å². The summed E-state index contributed by atoms with van der Waals surface area (Å²) in [7, 11) is -1.60. The quantitative estimate of drug-likeness (QED) is 0.472. The Hall–Kier alpha value is -1.29. The Kier molecular flexibility index (Phi) is 4.30. The van der Waals surface area contributed by atoms with Crippen LogP contribution in [0.25, 0.3) is 0 Å². The molecule has 3 nitrogen and oxygen atoms in total. The van der Waals surface area contributed by atoms with Gasteiger partial charge in [-0.1, -0.05) is 12.1 Å². The van der Waals surface area contributed by atoms with E-state index in [0.717, 1.165) is 24.5 Å². The molecule has 1 aromatic carbocycles. The minimum absolute atomic E-state index is 0.926. The lowest BCUT2D eigenvalue weighted by Crippen LogP contribution is -2.29. The molecule has 1 heterocycles. The standard InChI is InChI=1S/C15H24N2OSi/c1-13-8-7-9-14(18-19(2,3)4)15(13)16-12-17-10-5-6-11-17/h7-9,12H,5-6,10-11H2,1-4H3. The fourth-order valence-electron chi connectivity index (χ4n) is 2.21. The molecule has 2 rings (SSSR count). The van der Waals surface area contributed by atoms with Crippen molar-refractivity contribution in [3.05, 3.63) is 23.8 Å². The van der Waals surface area contributed by atoms with Crippen LogP contribution in [0.15, 0.2) is 23.2 Å². The summed E-state index contributed by atoms with van der Waals surface area (Å²) in [5.74, 6) is 0.926. The van der Waals surface area contributed by atoms with Crippen LogP contribution >= 0.6 is 0 Å². The molecule has 0 atom stereocenters. The largest absolute Gasteiger partial charge is 0.543 e. The van der Waals surface area contributed by atoms with Gasteiger partial charge in [-0.05, 0) is 51.0 Å². The van der Waals surface area contributed by atoms with E-state index in [0.29, 0.717) is 0 Å². The maximum Gasteiger partial charge on any atom is 0.242 e. The van der Waals surface area contributed by atoms with E-state index in [1.807, 2.05) is 18.5 Å². The van der Waals surface area contributed by atoms with Crippen molar-refractivity contribution in [2.45, 2.75) is 39.4 Å². The van der Waals surface area contributed by atoms with Crippen LogP contribution in [0, 0.1) is 6.92 Å². The molecule has 0 unspecified atom stereocenters. The topological polar surface area (TPSA) is 24.8 Å².